The first-order valence-corrected chi connectivity index (χ1v) is 7.86. The molecule has 1 unspecified atom stereocenters. The number of nitrogens with one attached hydrogen (secondary N) is 1. The highest BCUT2D eigenvalue weighted by atomic mass is 16.5. The maximum absolute atomic E-state index is 5.44. The molecule has 0 radical (unpaired) electrons. The molecule has 0 bridgehead atoms. The van der Waals surface area contributed by atoms with Crippen molar-refractivity contribution in [3.05, 3.63) is 42.7 Å². The highest BCUT2D eigenvalue weighted by Gasteiger charge is 2.21. The normalized spacial score (nSPS) is 18.0. The fourth-order valence-corrected chi connectivity index (χ4v) is 2.78. The van der Waals surface area contributed by atoms with Crippen molar-refractivity contribution in [3.8, 4) is 5.88 Å². The van der Waals surface area contributed by atoms with Gasteiger partial charge in [-0.3, -0.25) is 4.98 Å². The van der Waals surface area contributed by atoms with Crippen molar-refractivity contribution in [2.24, 2.45) is 0 Å². The number of hydrogen-bond acceptors (Lipinski definition) is 5. The standard InChI is InChI=1S/C17H22N4O/c1-2-22-17-12-18-11-16(20-17)21-10-6-9-15(13-21)19-14-7-4-3-5-8-14/h3-5,7-8,11-12,15,19H,2,6,9-10,13H2,1H3. The predicted molar refractivity (Wildman–Crippen MR) is 88.5 cm³/mol. The molecule has 1 aromatic carbocycles. The van der Waals surface area contributed by atoms with E-state index in [1.54, 1.807) is 6.20 Å². The van der Waals surface area contributed by atoms with Crippen LogP contribution in [0.5, 0.6) is 5.88 Å². The second-order valence-corrected chi connectivity index (χ2v) is 5.44. The molecule has 2 aromatic rings. The van der Waals surface area contributed by atoms with Gasteiger partial charge in [0, 0.05) is 24.8 Å². The van der Waals surface area contributed by atoms with Gasteiger partial charge in [-0.2, -0.15) is 4.98 Å². The Hall–Kier alpha value is -2.30. The molecule has 0 saturated carbocycles. The van der Waals surface area contributed by atoms with Crippen LogP contribution in [0.25, 0.3) is 0 Å². The molecular formula is C17H22N4O. The largest absolute Gasteiger partial charge is 0.477 e. The van der Waals surface area contributed by atoms with Crippen LogP contribution >= 0.6 is 0 Å². The van der Waals surface area contributed by atoms with Gasteiger partial charge in [-0.05, 0) is 31.9 Å². The van der Waals surface area contributed by atoms with Gasteiger partial charge in [0.2, 0.25) is 5.88 Å². The van der Waals surface area contributed by atoms with Gasteiger partial charge in [-0.15, -0.1) is 0 Å². The fourth-order valence-electron chi connectivity index (χ4n) is 2.78. The van der Waals surface area contributed by atoms with Gasteiger partial charge in [0.25, 0.3) is 0 Å². The Morgan fingerprint density at radius 1 is 1.27 bits per heavy atom. The van der Waals surface area contributed by atoms with Crippen LogP contribution < -0.4 is 15.0 Å². The fraction of sp³-hybridized carbons (Fsp3) is 0.412. The van der Waals surface area contributed by atoms with E-state index >= 15 is 0 Å². The molecule has 3 rings (SSSR count). The van der Waals surface area contributed by atoms with Gasteiger partial charge in [0.15, 0.2) is 5.82 Å². The minimum Gasteiger partial charge on any atom is -0.477 e. The van der Waals surface area contributed by atoms with E-state index in [0.29, 0.717) is 18.5 Å². The van der Waals surface area contributed by atoms with Crippen LogP contribution in [0, 0.1) is 0 Å². The van der Waals surface area contributed by atoms with Crippen molar-refractivity contribution in [1.29, 1.82) is 0 Å². The average Bonchev–Trinajstić information content (AvgIpc) is 2.57. The van der Waals surface area contributed by atoms with Crippen LogP contribution in [-0.4, -0.2) is 35.7 Å². The van der Waals surface area contributed by atoms with Crippen LogP contribution in [0.1, 0.15) is 19.8 Å². The summed E-state index contributed by atoms with van der Waals surface area (Å²) in [6.07, 6.45) is 5.79. The maximum atomic E-state index is 5.44. The van der Waals surface area contributed by atoms with Crippen molar-refractivity contribution >= 4 is 11.5 Å². The van der Waals surface area contributed by atoms with Gasteiger partial charge >= 0.3 is 0 Å². The summed E-state index contributed by atoms with van der Waals surface area (Å²) in [4.78, 5) is 11.1. The summed E-state index contributed by atoms with van der Waals surface area (Å²) < 4.78 is 5.44. The summed E-state index contributed by atoms with van der Waals surface area (Å²) in [5, 5.41) is 3.60. The lowest BCUT2D eigenvalue weighted by atomic mass is 10.1. The molecule has 1 aliphatic rings. The predicted octanol–water partition coefficient (Wildman–Crippen LogP) is 2.96. The van der Waals surface area contributed by atoms with Crippen LogP contribution in [0.3, 0.4) is 0 Å². The number of benzene rings is 1. The molecule has 5 nitrogen and oxygen atoms in total. The highest BCUT2D eigenvalue weighted by molar-refractivity contribution is 5.45. The first-order chi connectivity index (χ1) is 10.8. The van der Waals surface area contributed by atoms with Crippen molar-refractivity contribution in [3.63, 3.8) is 0 Å². The lowest BCUT2D eigenvalue weighted by molar-refractivity contribution is 0.325. The molecule has 1 atom stereocenters. The van der Waals surface area contributed by atoms with E-state index in [-0.39, 0.29) is 0 Å². The molecule has 1 fully saturated rings. The van der Waals surface area contributed by atoms with Crippen LogP contribution in [0.4, 0.5) is 11.5 Å². The zero-order valence-electron chi connectivity index (χ0n) is 12.9. The number of nitrogens with zero attached hydrogens (tertiary/aromatic N) is 3. The Kier molecular flexibility index (Phi) is 4.73. The van der Waals surface area contributed by atoms with Gasteiger partial charge < -0.3 is 15.0 Å². The molecule has 1 aromatic heterocycles. The van der Waals surface area contributed by atoms with Crippen LogP contribution in [-0.2, 0) is 0 Å². The molecule has 1 saturated heterocycles. The van der Waals surface area contributed by atoms with Crippen molar-refractivity contribution in [1.82, 2.24) is 9.97 Å². The molecule has 0 spiro atoms. The SMILES string of the molecule is CCOc1cncc(N2CCCC(Nc3ccccc3)C2)n1. The minimum absolute atomic E-state index is 0.425. The van der Waals surface area contributed by atoms with Gasteiger partial charge in [0.05, 0.1) is 19.0 Å². The summed E-state index contributed by atoms with van der Waals surface area (Å²) in [6.45, 7) is 4.50. The maximum Gasteiger partial charge on any atom is 0.234 e. The molecule has 1 N–H and O–H groups in total. The Balaban J connectivity index is 1.66. The summed E-state index contributed by atoms with van der Waals surface area (Å²) >= 11 is 0. The number of hydrogen-bond donors (Lipinski definition) is 1. The third-order valence-corrected chi connectivity index (χ3v) is 3.78. The Bertz CT molecular complexity index is 590. The van der Waals surface area contributed by atoms with Gasteiger partial charge in [-0.1, -0.05) is 18.2 Å². The summed E-state index contributed by atoms with van der Waals surface area (Å²) in [5.41, 5.74) is 1.17. The molecule has 5 heteroatoms. The van der Waals surface area contributed by atoms with Crippen molar-refractivity contribution in [2.45, 2.75) is 25.8 Å². The van der Waals surface area contributed by atoms with Crippen molar-refractivity contribution in [2.75, 3.05) is 29.9 Å². The number of para-hydroxylation sites is 1. The first kappa shape index (κ1) is 14.6. The number of piperidine rings is 1. The third kappa shape index (κ3) is 3.67. The second-order valence-electron chi connectivity index (χ2n) is 5.44. The average molecular weight is 298 g/mol. The molecule has 22 heavy (non-hydrogen) atoms. The molecule has 1 aliphatic heterocycles. The Morgan fingerprint density at radius 2 is 2.14 bits per heavy atom. The molecule has 2 heterocycles. The quantitative estimate of drug-likeness (QED) is 0.919. The Labute approximate surface area is 131 Å². The molecular weight excluding hydrogens is 276 g/mol. The van der Waals surface area contributed by atoms with E-state index < -0.39 is 0 Å². The van der Waals surface area contributed by atoms with E-state index in [1.807, 2.05) is 19.2 Å². The zero-order valence-corrected chi connectivity index (χ0v) is 12.9. The second kappa shape index (κ2) is 7.11. The van der Waals surface area contributed by atoms with Gasteiger partial charge in [-0.25, -0.2) is 0 Å². The number of aromatic nitrogens is 2. The number of rotatable bonds is 5. The number of ether oxygens (including phenoxy) is 1. The van der Waals surface area contributed by atoms with E-state index in [9.17, 15) is 0 Å². The van der Waals surface area contributed by atoms with Crippen LogP contribution in [0.15, 0.2) is 42.7 Å². The Morgan fingerprint density at radius 3 is 2.95 bits per heavy atom. The minimum atomic E-state index is 0.425. The monoisotopic (exact) mass is 298 g/mol. The third-order valence-electron chi connectivity index (χ3n) is 3.78. The lowest BCUT2D eigenvalue weighted by Crippen LogP contribution is -2.42. The molecule has 0 amide bonds. The summed E-state index contributed by atoms with van der Waals surface area (Å²) in [5.74, 6) is 1.49. The van der Waals surface area contributed by atoms with E-state index in [4.69, 9.17) is 4.74 Å². The number of anilines is 2. The van der Waals surface area contributed by atoms with Crippen LogP contribution in [0.2, 0.25) is 0 Å². The highest BCUT2D eigenvalue weighted by Crippen LogP contribution is 2.21. The molecule has 116 valence electrons. The lowest BCUT2D eigenvalue weighted by Gasteiger charge is -2.34. The van der Waals surface area contributed by atoms with E-state index in [0.717, 1.165) is 25.3 Å². The summed E-state index contributed by atoms with van der Waals surface area (Å²) in [6, 6.07) is 10.8. The topological polar surface area (TPSA) is 50.3 Å². The smallest absolute Gasteiger partial charge is 0.234 e. The zero-order chi connectivity index (χ0) is 15.2. The summed E-state index contributed by atoms with van der Waals surface area (Å²) in [7, 11) is 0. The van der Waals surface area contributed by atoms with E-state index in [2.05, 4.69) is 44.5 Å². The molecule has 0 aliphatic carbocycles. The van der Waals surface area contributed by atoms with E-state index in [1.165, 1.54) is 12.1 Å². The van der Waals surface area contributed by atoms with Crippen molar-refractivity contribution < 1.29 is 4.74 Å². The van der Waals surface area contributed by atoms with Gasteiger partial charge in [0.1, 0.15) is 0 Å². The first-order valence-electron chi connectivity index (χ1n) is 7.86.